The third-order valence-electron chi connectivity index (χ3n) is 6.74. The van der Waals surface area contributed by atoms with Crippen molar-refractivity contribution in [3.63, 3.8) is 0 Å². The highest BCUT2D eigenvalue weighted by molar-refractivity contribution is 7.89. The SMILES string of the molecule is COc1ccccc1-c1ccnc(NC2COC3C(NS(=O)(=O)c4ccc5ccccc5c4)COC23)n1. The number of nitrogens with zero attached hydrogens (tertiary/aromatic N) is 2. The van der Waals surface area contributed by atoms with Gasteiger partial charge in [-0.2, -0.15) is 0 Å². The number of benzene rings is 3. The third-order valence-corrected chi connectivity index (χ3v) is 8.23. The lowest BCUT2D eigenvalue weighted by molar-refractivity contribution is 0.0690. The zero-order valence-electron chi connectivity index (χ0n) is 20.1. The minimum Gasteiger partial charge on any atom is -0.496 e. The Morgan fingerprint density at radius 2 is 1.62 bits per heavy atom. The molecular formula is C27H26N4O5S. The molecule has 37 heavy (non-hydrogen) atoms. The summed E-state index contributed by atoms with van der Waals surface area (Å²) in [4.78, 5) is 9.21. The lowest BCUT2D eigenvalue weighted by Gasteiger charge is -2.19. The van der Waals surface area contributed by atoms with E-state index in [1.165, 1.54) is 0 Å². The van der Waals surface area contributed by atoms with Gasteiger partial charge in [-0.3, -0.25) is 0 Å². The first-order valence-electron chi connectivity index (χ1n) is 12.0. The van der Waals surface area contributed by atoms with Crippen LogP contribution in [0.1, 0.15) is 0 Å². The maximum Gasteiger partial charge on any atom is 0.241 e. The van der Waals surface area contributed by atoms with Gasteiger partial charge in [-0.25, -0.2) is 23.1 Å². The van der Waals surface area contributed by atoms with Crippen molar-refractivity contribution in [2.24, 2.45) is 0 Å². The molecule has 10 heteroatoms. The Bertz CT molecular complexity index is 1550. The van der Waals surface area contributed by atoms with Gasteiger partial charge in [0, 0.05) is 11.8 Å². The summed E-state index contributed by atoms with van der Waals surface area (Å²) in [7, 11) is -2.14. The van der Waals surface area contributed by atoms with Gasteiger partial charge in [-0.05, 0) is 41.1 Å². The summed E-state index contributed by atoms with van der Waals surface area (Å²) in [5, 5.41) is 5.15. The van der Waals surface area contributed by atoms with E-state index in [2.05, 4.69) is 20.0 Å². The number of anilines is 1. The van der Waals surface area contributed by atoms with Gasteiger partial charge in [0.25, 0.3) is 0 Å². The predicted molar refractivity (Wildman–Crippen MR) is 139 cm³/mol. The number of aromatic nitrogens is 2. The largest absolute Gasteiger partial charge is 0.496 e. The van der Waals surface area contributed by atoms with Crippen molar-refractivity contribution < 1.29 is 22.6 Å². The van der Waals surface area contributed by atoms with Crippen molar-refractivity contribution >= 4 is 26.7 Å². The van der Waals surface area contributed by atoms with Crippen molar-refractivity contribution in [2.75, 3.05) is 25.6 Å². The Morgan fingerprint density at radius 1 is 0.892 bits per heavy atom. The molecule has 4 aromatic rings. The molecule has 2 aliphatic heterocycles. The fourth-order valence-electron chi connectivity index (χ4n) is 4.93. The Hall–Kier alpha value is -3.57. The van der Waals surface area contributed by atoms with Crippen LogP contribution in [0.2, 0.25) is 0 Å². The lowest BCUT2D eigenvalue weighted by atomic mass is 10.1. The van der Waals surface area contributed by atoms with E-state index in [1.54, 1.807) is 25.4 Å². The Kier molecular flexibility index (Phi) is 6.25. The molecule has 3 aromatic carbocycles. The zero-order valence-corrected chi connectivity index (χ0v) is 20.9. The molecule has 0 bridgehead atoms. The summed E-state index contributed by atoms with van der Waals surface area (Å²) in [5.41, 5.74) is 1.58. The summed E-state index contributed by atoms with van der Waals surface area (Å²) < 4.78 is 46.5. The van der Waals surface area contributed by atoms with Gasteiger partial charge in [-0.1, -0.05) is 42.5 Å². The highest BCUT2D eigenvalue weighted by Gasteiger charge is 2.49. The van der Waals surface area contributed by atoms with Crippen molar-refractivity contribution in [1.82, 2.24) is 14.7 Å². The molecular weight excluding hydrogens is 492 g/mol. The van der Waals surface area contributed by atoms with Crippen LogP contribution < -0.4 is 14.8 Å². The van der Waals surface area contributed by atoms with Gasteiger partial charge in [-0.15, -0.1) is 0 Å². The second kappa shape index (κ2) is 9.71. The molecule has 0 spiro atoms. The fourth-order valence-corrected chi connectivity index (χ4v) is 6.19. The first kappa shape index (κ1) is 23.8. The molecule has 0 amide bonds. The number of rotatable bonds is 7. The van der Waals surface area contributed by atoms with E-state index in [1.807, 2.05) is 60.7 Å². The van der Waals surface area contributed by atoms with E-state index >= 15 is 0 Å². The van der Waals surface area contributed by atoms with Crippen LogP contribution in [0.15, 0.2) is 83.9 Å². The number of fused-ring (bicyclic) bond motifs is 2. The van der Waals surface area contributed by atoms with Crippen LogP contribution in [-0.2, 0) is 19.5 Å². The van der Waals surface area contributed by atoms with Gasteiger partial charge >= 0.3 is 0 Å². The Morgan fingerprint density at radius 3 is 2.46 bits per heavy atom. The minimum atomic E-state index is -3.76. The number of nitrogens with one attached hydrogen (secondary N) is 2. The monoisotopic (exact) mass is 518 g/mol. The molecule has 4 atom stereocenters. The number of para-hydroxylation sites is 1. The summed E-state index contributed by atoms with van der Waals surface area (Å²) in [6.07, 6.45) is 0.911. The number of hydrogen-bond acceptors (Lipinski definition) is 8. The summed E-state index contributed by atoms with van der Waals surface area (Å²) in [5.74, 6) is 1.15. The van der Waals surface area contributed by atoms with Crippen LogP contribution in [0.25, 0.3) is 22.0 Å². The van der Waals surface area contributed by atoms with Gasteiger partial charge in [0.15, 0.2) is 0 Å². The second-order valence-electron chi connectivity index (χ2n) is 9.05. The average molecular weight is 519 g/mol. The maximum absolute atomic E-state index is 13.1. The smallest absolute Gasteiger partial charge is 0.241 e. The molecule has 2 aliphatic rings. The normalized spacial score (nSPS) is 23.2. The molecule has 0 saturated carbocycles. The van der Waals surface area contributed by atoms with Crippen LogP contribution in [0.3, 0.4) is 0 Å². The molecule has 2 N–H and O–H groups in total. The summed E-state index contributed by atoms with van der Waals surface area (Å²) in [6.45, 7) is 0.550. The molecule has 190 valence electrons. The lowest BCUT2D eigenvalue weighted by Crippen LogP contribution is -2.44. The first-order valence-corrected chi connectivity index (χ1v) is 13.5. The average Bonchev–Trinajstić information content (AvgIpc) is 3.51. The van der Waals surface area contributed by atoms with E-state index in [9.17, 15) is 8.42 Å². The minimum absolute atomic E-state index is 0.211. The van der Waals surface area contributed by atoms with Crippen LogP contribution in [0.4, 0.5) is 5.95 Å². The van der Waals surface area contributed by atoms with Crippen LogP contribution in [-0.4, -0.2) is 63.0 Å². The van der Waals surface area contributed by atoms with Crippen molar-refractivity contribution in [3.05, 3.63) is 79.0 Å². The van der Waals surface area contributed by atoms with E-state index in [4.69, 9.17) is 14.2 Å². The molecule has 1 aromatic heterocycles. The summed E-state index contributed by atoms with van der Waals surface area (Å²) in [6, 6.07) is 21.5. The van der Waals surface area contributed by atoms with Gasteiger partial charge in [0.1, 0.15) is 18.0 Å². The van der Waals surface area contributed by atoms with E-state index in [-0.39, 0.29) is 23.6 Å². The molecule has 2 saturated heterocycles. The first-order chi connectivity index (χ1) is 18.0. The number of methoxy groups -OCH3 is 1. The number of hydrogen-bond donors (Lipinski definition) is 2. The molecule has 3 heterocycles. The quantitative estimate of drug-likeness (QED) is 0.384. The molecule has 0 radical (unpaired) electrons. The van der Waals surface area contributed by atoms with E-state index in [0.717, 1.165) is 27.8 Å². The van der Waals surface area contributed by atoms with Crippen LogP contribution in [0.5, 0.6) is 5.75 Å². The maximum atomic E-state index is 13.1. The molecule has 9 nitrogen and oxygen atoms in total. The van der Waals surface area contributed by atoms with Crippen molar-refractivity contribution in [2.45, 2.75) is 29.2 Å². The van der Waals surface area contributed by atoms with Gasteiger partial charge < -0.3 is 19.5 Å². The molecule has 4 unspecified atom stereocenters. The van der Waals surface area contributed by atoms with E-state index in [0.29, 0.717) is 12.6 Å². The third kappa shape index (κ3) is 4.64. The predicted octanol–water partition coefficient (Wildman–Crippen LogP) is 3.23. The Labute approximate surface area is 214 Å². The van der Waals surface area contributed by atoms with Crippen LogP contribution >= 0.6 is 0 Å². The van der Waals surface area contributed by atoms with Gasteiger partial charge in [0.05, 0.1) is 43.0 Å². The van der Waals surface area contributed by atoms with Crippen LogP contribution in [0, 0.1) is 0 Å². The number of sulfonamides is 1. The Balaban J connectivity index is 1.15. The standard InChI is InChI=1S/C27H26N4O5S/c1-34-24-9-5-4-8-20(24)21-12-13-28-27(29-21)30-22-15-35-26-23(16-36-25(22)26)31-37(32,33)19-11-10-17-6-2-3-7-18(17)14-19/h2-14,22-23,25-26,31H,15-16H2,1H3,(H,28,29,30). The van der Waals surface area contributed by atoms with Crippen molar-refractivity contribution in [3.8, 4) is 17.0 Å². The second-order valence-corrected chi connectivity index (χ2v) is 10.8. The topological polar surface area (TPSA) is 112 Å². The highest BCUT2D eigenvalue weighted by atomic mass is 32.2. The zero-order chi connectivity index (χ0) is 25.4. The summed E-state index contributed by atoms with van der Waals surface area (Å²) >= 11 is 0. The van der Waals surface area contributed by atoms with Crippen molar-refractivity contribution in [1.29, 1.82) is 0 Å². The number of ether oxygens (including phenoxy) is 3. The molecule has 2 fully saturated rings. The molecule has 6 rings (SSSR count). The fraction of sp³-hybridized carbons (Fsp3) is 0.259. The van der Waals surface area contributed by atoms with Gasteiger partial charge in [0.2, 0.25) is 16.0 Å². The molecule has 0 aliphatic carbocycles. The van der Waals surface area contributed by atoms with E-state index < -0.39 is 22.2 Å². The highest BCUT2D eigenvalue weighted by Crippen LogP contribution is 2.31.